The highest BCUT2D eigenvalue weighted by Crippen LogP contribution is 2.39. The second kappa shape index (κ2) is 10.4. The molecule has 2 aromatic carbocycles. The molecule has 0 spiro atoms. The molecule has 0 amide bonds. The van der Waals surface area contributed by atoms with E-state index in [4.69, 9.17) is 27.9 Å². The van der Waals surface area contributed by atoms with Crippen LogP contribution < -0.4 is 20.7 Å². The summed E-state index contributed by atoms with van der Waals surface area (Å²) < 4.78 is 59.9. The summed E-state index contributed by atoms with van der Waals surface area (Å²) >= 11 is 12.5. The lowest BCUT2D eigenvalue weighted by atomic mass is 9.83. The van der Waals surface area contributed by atoms with Crippen LogP contribution in [0.1, 0.15) is 25.0 Å². The molecular weight excluding hydrogens is 561 g/mol. The Morgan fingerprint density at radius 3 is 2.43 bits per heavy atom. The van der Waals surface area contributed by atoms with Crippen molar-refractivity contribution in [1.82, 2.24) is 19.5 Å². The Morgan fingerprint density at radius 1 is 1.19 bits per heavy atom. The van der Waals surface area contributed by atoms with Crippen molar-refractivity contribution in [2.24, 2.45) is 5.92 Å². The maximum Gasteiger partial charge on any atom is 0.349 e. The van der Waals surface area contributed by atoms with E-state index in [1.165, 1.54) is 6.07 Å². The van der Waals surface area contributed by atoms with Gasteiger partial charge in [0.05, 0.1) is 21.8 Å². The van der Waals surface area contributed by atoms with Crippen LogP contribution in [0.25, 0.3) is 5.69 Å². The number of aromatic amines is 1. The summed E-state index contributed by atoms with van der Waals surface area (Å²) in [6.07, 6.45) is -2.77. The van der Waals surface area contributed by atoms with Gasteiger partial charge in [-0.1, -0.05) is 23.2 Å². The minimum atomic E-state index is -4.14. The molecule has 4 rings (SSSR count). The molecule has 11 nitrogen and oxygen atoms in total. The van der Waals surface area contributed by atoms with Crippen molar-refractivity contribution < 1.29 is 32.1 Å². The molecule has 0 bridgehead atoms. The van der Waals surface area contributed by atoms with Crippen molar-refractivity contribution in [2.45, 2.75) is 30.3 Å². The van der Waals surface area contributed by atoms with Crippen LogP contribution in [0.4, 0.5) is 8.78 Å². The van der Waals surface area contributed by atoms with Crippen molar-refractivity contribution >= 4 is 33.2 Å². The Kier molecular flexibility index (Phi) is 7.57. The van der Waals surface area contributed by atoms with Crippen LogP contribution in [-0.2, 0) is 10.0 Å². The molecule has 1 heterocycles. The van der Waals surface area contributed by atoms with Gasteiger partial charge in [0.2, 0.25) is 10.0 Å². The van der Waals surface area contributed by atoms with Gasteiger partial charge in [-0.25, -0.2) is 26.7 Å². The number of hydrogen-bond acceptors (Lipinski definition) is 8. The van der Waals surface area contributed by atoms with Gasteiger partial charge in [-0.2, -0.15) is 9.78 Å². The van der Waals surface area contributed by atoms with E-state index in [1.54, 1.807) is 4.98 Å². The molecule has 1 aromatic heterocycles. The third kappa shape index (κ3) is 5.78. The first-order valence-corrected chi connectivity index (χ1v) is 12.8. The summed E-state index contributed by atoms with van der Waals surface area (Å²) in [6, 6.07) is 5.59. The lowest BCUT2D eigenvalue weighted by Crippen LogP contribution is -2.38. The van der Waals surface area contributed by atoms with E-state index in [-0.39, 0.29) is 39.7 Å². The molecule has 0 radical (unpaired) electrons. The lowest BCUT2D eigenvalue weighted by Gasteiger charge is -2.31. The minimum absolute atomic E-state index is 0.0244. The van der Waals surface area contributed by atoms with Crippen molar-refractivity contribution in [3.05, 3.63) is 66.9 Å². The number of alkyl halides is 2. The summed E-state index contributed by atoms with van der Waals surface area (Å²) in [5.74, 6) is -0.819. The highest BCUT2D eigenvalue weighted by atomic mass is 35.5. The van der Waals surface area contributed by atoms with Crippen LogP contribution in [0, 0.1) is 5.92 Å². The van der Waals surface area contributed by atoms with E-state index in [0.717, 1.165) is 24.3 Å². The molecule has 1 aliphatic rings. The van der Waals surface area contributed by atoms with Crippen molar-refractivity contribution in [1.29, 1.82) is 0 Å². The molecule has 37 heavy (non-hydrogen) atoms. The fraction of sp³-hybridized carbons (Fsp3) is 0.286. The number of ether oxygens (including phenoxy) is 1. The van der Waals surface area contributed by atoms with Gasteiger partial charge in [-0.15, -0.1) is 0 Å². The van der Waals surface area contributed by atoms with Crippen molar-refractivity contribution in [3.63, 3.8) is 0 Å². The Labute approximate surface area is 217 Å². The number of nitrogens with zero attached hydrogens (tertiary/aromatic N) is 2. The van der Waals surface area contributed by atoms with Gasteiger partial charge in [0, 0.05) is 12.6 Å². The number of aromatic nitrogens is 3. The third-order valence-corrected chi connectivity index (χ3v) is 7.52. The SMILES string of the molecule is O=c1[nH]c(=O)n(-c2cc(Cl)c(Oc3ccc(O)c(S(=O)(=O)NC[C@H]4C[C@@H](O)C4)c3)c(Cl)c2)nc1C(F)F. The average Bonchev–Trinajstić information content (AvgIpc) is 2.79. The summed E-state index contributed by atoms with van der Waals surface area (Å²) in [5, 5.41) is 22.4. The number of aromatic hydroxyl groups is 1. The number of benzene rings is 2. The highest BCUT2D eigenvalue weighted by Gasteiger charge is 2.29. The Hall–Kier alpha value is -3.04. The van der Waals surface area contributed by atoms with Crippen LogP contribution >= 0.6 is 23.2 Å². The number of phenolic OH excluding ortho intramolecular Hbond substituents is 1. The molecule has 1 aliphatic carbocycles. The predicted octanol–water partition coefficient (Wildman–Crippen LogP) is 2.71. The number of H-pyrrole nitrogens is 1. The van der Waals surface area contributed by atoms with Crippen LogP contribution in [-0.4, -0.2) is 46.0 Å². The Morgan fingerprint density at radius 2 is 1.84 bits per heavy atom. The number of halogens is 4. The molecule has 16 heteroatoms. The van der Waals surface area contributed by atoms with E-state index in [2.05, 4.69) is 9.82 Å². The largest absolute Gasteiger partial charge is 0.507 e. The summed E-state index contributed by atoms with van der Waals surface area (Å²) in [7, 11) is -4.14. The first-order chi connectivity index (χ1) is 17.4. The molecule has 1 fully saturated rings. The number of rotatable bonds is 8. The average molecular weight is 579 g/mol. The van der Waals surface area contributed by atoms with Gasteiger partial charge in [-0.05, 0) is 43.0 Å². The van der Waals surface area contributed by atoms with Crippen LogP contribution in [0.2, 0.25) is 10.0 Å². The van der Waals surface area contributed by atoms with Gasteiger partial charge in [0.25, 0.3) is 12.0 Å². The fourth-order valence-electron chi connectivity index (χ4n) is 3.56. The van der Waals surface area contributed by atoms with E-state index in [0.29, 0.717) is 17.5 Å². The summed E-state index contributed by atoms with van der Waals surface area (Å²) in [5.41, 5.74) is -3.81. The minimum Gasteiger partial charge on any atom is -0.507 e. The molecule has 198 valence electrons. The van der Waals surface area contributed by atoms with Gasteiger partial charge in [0.15, 0.2) is 11.4 Å². The maximum atomic E-state index is 13.0. The second-order valence-corrected chi connectivity index (χ2v) is 10.7. The molecule has 3 aromatic rings. The van der Waals surface area contributed by atoms with Gasteiger partial charge in [-0.3, -0.25) is 9.78 Å². The predicted molar refractivity (Wildman–Crippen MR) is 128 cm³/mol. The lowest BCUT2D eigenvalue weighted by molar-refractivity contribution is 0.0453. The molecule has 0 atom stereocenters. The summed E-state index contributed by atoms with van der Waals surface area (Å²) in [6.45, 7) is 0.0778. The normalized spacial score (nSPS) is 17.6. The summed E-state index contributed by atoms with van der Waals surface area (Å²) in [4.78, 5) is 24.9. The number of hydrogen-bond donors (Lipinski definition) is 4. The topological polar surface area (TPSA) is 164 Å². The zero-order valence-electron chi connectivity index (χ0n) is 18.5. The smallest absolute Gasteiger partial charge is 0.349 e. The molecule has 4 N–H and O–H groups in total. The standard InChI is InChI=1S/C21H18Cl2F2N4O7S/c22-13-5-10(29-21(33)27-20(32)17(28-29)19(24)25)6-14(23)18(13)36-12-1-2-15(31)16(7-12)37(34,35)26-8-9-3-11(30)4-9/h1-2,5-7,9,11,19,26,30-31H,3-4,8H2,(H,27,32,33)/t9-,11+. The van der Waals surface area contributed by atoms with E-state index < -0.39 is 50.1 Å². The number of sulfonamides is 1. The van der Waals surface area contributed by atoms with Crippen LogP contribution in [0.3, 0.4) is 0 Å². The molecule has 0 unspecified atom stereocenters. The van der Waals surface area contributed by atoms with Crippen molar-refractivity contribution in [2.75, 3.05) is 6.54 Å². The molecule has 0 aliphatic heterocycles. The van der Waals surface area contributed by atoms with E-state index >= 15 is 0 Å². The fourth-order valence-corrected chi connectivity index (χ4v) is 5.34. The van der Waals surface area contributed by atoms with E-state index in [9.17, 15) is 37.0 Å². The van der Waals surface area contributed by atoms with Gasteiger partial charge < -0.3 is 14.9 Å². The first-order valence-electron chi connectivity index (χ1n) is 10.6. The molecule has 1 saturated carbocycles. The Balaban J connectivity index is 1.62. The Bertz CT molecular complexity index is 1550. The maximum absolute atomic E-state index is 13.0. The number of phenols is 1. The highest BCUT2D eigenvalue weighted by molar-refractivity contribution is 7.89. The first kappa shape index (κ1) is 27.0. The van der Waals surface area contributed by atoms with Gasteiger partial charge in [0.1, 0.15) is 16.4 Å². The molecule has 0 saturated heterocycles. The zero-order valence-corrected chi connectivity index (χ0v) is 20.8. The number of aliphatic hydroxyl groups excluding tert-OH is 1. The third-order valence-electron chi connectivity index (χ3n) is 5.50. The van der Waals surface area contributed by atoms with Crippen LogP contribution in [0.5, 0.6) is 17.2 Å². The zero-order chi connectivity index (χ0) is 27.1. The van der Waals surface area contributed by atoms with Crippen molar-refractivity contribution in [3.8, 4) is 22.9 Å². The number of aliphatic hydroxyl groups is 1. The quantitative estimate of drug-likeness (QED) is 0.317. The van der Waals surface area contributed by atoms with E-state index in [1.807, 2.05) is 0 Å². The molecular formula is C21H18Cl2F2N4O7S. The van der Waals surface area contributed by atoms with Crippen LogP contribution in [0.15, 0.2) is 44.8 Å². The monoisotopic (exact) mass is 578 g/mol. The number of nitrogens with one attached hydrogen (secondary N) is 2. The van der Waals surface area contributed by atoms with Gasteiger partial charge >= 0.3 is 5.69 Å². The second-order valence-electron chi connectivity index (χ2n) is 8.17.